The molecule has 0 aromatic heterocycles. The van der Waals surface area contributed by atoms with E-state index in [0.717, 1.165) is 19.3 Å². The molecular weight excluding hydrogens is 170 g/mol. The summed E-state index contributed by atoms with van der Waals surface area (Å²) in [5, 5.41) is 0. The molecule has 13 heavy (non-hydrogen) atoms. The molecule has 0 radical (unpaired) electrons. The molecule has 0 aliphatic rings. The largest absolute Gasteiger partial charge is 0.466 e. The van der Waals surface area contributed by atoms with Gasteiger partial charge in [-0.2, -0.15) is 0 Å². The van der Waals surface area contributed by atoms with Crippen LogP contribution in [0.2, 0.25) is 0 Å². The van der Waals surface area contributed by atoms with Crippen molar-refractivity contribution in [3.05, 3.63) is 0 Å². The van der Waals surface area contributed by atoms with Gasteiger partial charge in [-0.3, -0.25) is 4.79 Å². The van der Waals surface area contributed by atoms with E-state index >= 15 is 0 Å². The third kappa shape index (κ3) is 9.30. The van der Waals surface area contributed by atoms with Crippen LogP contribution in [0.15, 0.2) is 0 Å². The number of methoxy groups -OCH3 is 1. The Bertz CT molecular complexity index is 128. The lowest BCUT2D eigenvalue weighted by Gasteiger charge is -2.03. The van der Waals surface area contributed by atoms with Crippen molar-refractivity contribution in [1.82, 2.24) is 0 Å². The van der Waals surface area contributed by atoms with Gasteiger partial charge in [0.05, 0.1) is 6.61 Å². The van der Waals surface area contributed by atoms with Crippen LogP contribution in [0.5, 0.6) is 0 Å². The Morgan fingerprint density at radius 1 is 1.23 bits per heavy atom. The average molecular weight is 189 g/mol. The number of rotatable bonds is 8. The van der Waals surface area contributed by atoms with E-state index < -0.39 is 0 Å². The maximum absolute atomic E-state index is 11.0. The molecule has 78 valence electrons. The summed E-state index contributed by atoms with van der Waals surface area (Å²) in [6.45, 7) is 1.72. The van der Waals surface area contributed by atoms with Gasteiger partial charge in [0, 0.05) is 26.6 Å². The Morgan fingerprint density at radius 3 is 2.62 bits per heavy atom. The van der Waals surface area contributed by atoms with Gasteiger partial charge in [0.15, 0.2) is 0 Å². The van der Waals surface area contributed by atoms with Crippen molar-refractivity contribution in [1.29, 1.82) is 0 Å². The first-order valence-electron chi connectivity index (χ1n) is 4.66. The molecule has 0 heterocycles. The highest BCUT2D eigenvalue weighted by Gasteiger charge is 2.00. The molecule has 0 unspecified atom stereocenters. The first-order valence-corrected chi connectivity index (χ1v) is 4.66. The summed E-state index contributed by atoms with van der Waals surface area (Å²) in [6, 6.07) is 0. The van der Waals surface area contributed by atoms with E-state index in [1.54, 1.807) is 7.11 Å². The Kier molecular flexibility index (Phi) is 9.03. The lowest BCUT2D eigenvalue weighted by Crippen LogP contribution is -2.08. The van der Waals surface area contributed by atoms with Crippen LogP contribution >= 0.6 is 0 Å². The average Bonchev–Trinajstić information content (AvgIpc) is 2.13. The molecule has 0 aliphatic carbocycles. The second-order valence-corrected chi connectivity index (χ2v) is 2.81. The van der Waals surface area contributed by atoms with Crippen LogP contribution in [0.25, 0.3) is 0 Å². The highest BCUT2D eigenvalue weighted by molar-refractivity contribution is 5.69. The Hall–Kier alpha value is -0.610. The predicted molar refractivity (Wildman–Crippen MR) is 50.4 cm³/mol. The second-order valence-electron chi connectivity index (χ2n) is 2.81. The Balaban J connectivity index is 3.11. The molecule has 0 bridgehead atoms. The van der Waals surface area contributed by atoms with Gasteiger partial charge >= 0.3 is 5.97 Å². The molecule has 0 aromatic rings. The predicted octanol–water partition coefficient (Wildman–Crippen LogP) is 0.695. The van der Waals surface area contributed by atoms with E-state index in [0.29, 0.717) is 26.2 Å². The van der Waals surface area contributed by atoms with Crippen LogP contribution in [0.4, 0.5) is 0 Å². The molecular formula is C9H19NO3. The fraction of sp³-hybridized carbons (Fsp3) is 0.889. The van der Waals surface area contributed by atoms with Crippen molar-refractivity contribution >= 4 is 5.97 Å². The minimum absolute atomic E-state index is 0.135. The molecule has 0 spiro atoms. The molecule has 4 heteroatoms. The van der Waals surface area contributed by atoms with E-state index in [1.807, 2.05) is 0 Å². The van der Waals surface area contributed by atoms with E-state index in [1.165, 1.54) is 0 Å². The van der Waals surface area contributed by atoms with Crippen LogP contribution in [0, 0.1) is 0 Å². The standard InChI is InChI=1S/C9H19NO3/c1-12-7-4-8-13-9(11)5-2-3-6-10/h2-8,10H2,1H3. The number of hydrogen-bond donors (Lipinski definition) is 1. The molecule has 0 amide bonds. The molecule has 0 aromatic carbocycles. The third-order valence-electron chi connectivity index (χ3n) is 1.59. The lowest BCUT2D eigenvalue weighted by molar-refractivity contribution is -0.144. The zero-order valence-electron chi connectivity index (χ0n) is 8.25. The summed E-state index contributed by atoms with van der Waals surface area (Å²) in [6.07, 6.45) is 2.94. The zero-order chi connectivity index (χ0) is 9.94. The summed E-state index contributed by atoms with van der Waals surface area (Å²) in [5.74, 6) is -0.135. The normalized spacial score (nSPS) is 10.0. The third-order valence-corrected chi connectivity index (χ3v) is 1.59. The topological polar surface area (TPSA) is 61.5 Å². The van der Waals surface area contributed by atoms with E-state index in [9.17, 15) is 4.79 Å². The van der Waals surface area contributed by atoms with Crippen molar-refractivity contribution in [3.8, 4) is 0 Å². The Labute approximate surface area is 79.4 Å². The van der Waals surface area contributed by atoms with Crippen LogP contribution in [-0.4, -0.2) is 32.8 Å². The number of unbranched alkanes of at least 4 members (excludes halogenated alkanes) is 1. The van der Waals surface area contributed by atoms with Crippen molar-refractivity contribution < 1.29 is 14.3 Å². The number of ether oxygens (including phenoxy) is 2. The first kappa shape index (κ1) is 12.4. The fourth-order valence-corrected chi connectivity index (χ4v) is 0.875. The van der Waals surface area contributed by atoms with E-state index in [-0.39, 0.29) is 5.97 Å². The quantitative estimate of drug-likeness (QED) is 0.451. The van der Waals surface area contributed by atoms with E-state index in [2.05, 4.69) is 0 Å². The number of carbonyl (C=O) groups excluding carboxylic acids is 1. The summed E-state index contributed by atoms with van der Waals surface area (Å²) >= 11 is 0. The molecule has 0 saturated carbocycles. The number of esters is 1. The maximum Gasteiger partial charge on any atom is 0.305 e. The molecule has 0 aliphatic heterocycles. The summed E-state index contributed by atoms with van der Waals surface area (Å²) < 4.78 is 9.75. The van der Waals surface area contributed by atoms with Gasteiger partial charge in [-0.1, -0.05) is 0 Å². The van der Waals surface area contributed by atoms with E-state index in [4.69, 9.17) is 15.2 Å². The summed E-state index contributed by atoms with van der Waals surface area (Å²) in [4.78, 5) is 11.0. The van der Waals surface area contributed by atoms with Crippen LogP contribution in [0.3, 0.4) is 0 Å². The zero-order valence-corrected chi connectivity index (χ0v) is 8.25. The smallest absolute Gasteiger partial charge is 0.305 e. The van der Waals surface area contributed by atoms with Crippen molar-refractivity contribution in [3.63, 3.8) is 0 Å². The highest BCUT2D eigenvalue weighted by Crippen LogP contribution is 1.96. The lowest BCUT2D eigenvalue weighted by atomic mass is 10.2. The maximum atomic E-state index is 11.0. The van der Waals surface area contributed by atoms with Crippen molar-refractivity contribution in [2.24, 2.45) is 5.73 Å². The number of hydrogen-bond acceptors (Lipinski definition) is 4. The molecule has 0 fully saturated rings. The first-order chi connectivity index (χ1) is 6.31. The number of nitrogens with two attached hydrogens (primary N) is 1. The molecule has 0 atom stereocenters. The minimum atomic E-state index is -0.135. The minimum Gasteiger partial charge on any atom is -0.466 e. The van der Waals surface area contributed by atoms with Crippen molar-refractivity contribution in [2.75, 3.05) is 26.9 Å². The van der Waals surface area contributed by atoms with Gasteiger partial charge in [-0.25, -0.2) is 0 Å². The van der Waals surface area contributed by atoms with Gasteiger partial charge < -0.3 is 15.2 Å². The molecule has 0 saturated heterocycles. The van der Waals surface area contributed by atoms with Crippen molar-refractivity contribution in [2.45, 2.75) is 25.7 Å². The van der Waals surface area contributed by atoms with Crippen LogP contribution in [0.1, 0.15) is 25.7 Å². The second kappa shape index (κ2) is 9.48. The number of carbonyl (C=O) groups is 1. The monoisotopic (exact) mass is 189 g/mol. The van der Waals surface area contributed by atoms with Gasteiger partial charge in [-0.15, -0.1) is 0 Å². The summed E-state index contributed by atoms with van der Waals surface area (Å²) in [7, 11) is 1.63. The van der Waals surface area contributed by atoms with Crippen LogP contribution < -0.4 is 5.73 Å². The van der Waals surface area contributed by atoms with Gasteiger partial charge in [0.2, 0.25) is 0 Å². The van der Waals surface area contributed by atoms with Gasteiger partial charge in [0.1, 0.15) is 0 Å². The highest BCUT2D eigenvalue weighted by atomic mass is 16.5. The Morgan fingerprint density at radius 2 is 2.00 bits per heavy atom. The molecule has 2 N–H and O–H groups in total. The molecule has 4 nitrogen and oxygen atoms in total. The van der Waals surface area contributed by atoms with Crippen LogP contribution in [-0.2, 0) is 14.3 Å². The molecule has 0 rings (SSSR count). The van der Waals surface area contributed by atoms with Gasteiger partial charge in [0.25, 0.3) is 0 Å². The fourth-order valence-electron chi connectivity index (χ4n) is 0.875. The SMILES string of the molecule is COCCCOC(=O)CCCCN. The van der Waals surface area contributed by atoms with Gasteiger partial charge in [-0.05, 0) is 19.4 Å². The summed E-state index contributed by atoms with van der Waals surface area (Å²) in [5.41, 5.74) is 5.29.